The molecule has 6 nitrogen and oxygen atoms in total. The number of nitrogens with one attached hydrogen (secondary N) is 2. The van der Waals surface area contributed by atoms with Gasteiger partial charge in [-0.05, 0) is 61.5 Å². The number of carbonyl (C=O) groups excluding carboxylic acids is 2. The fourth-order valence-corrected chi connectivity index (χ4v) is 4.67. The summed E-state index contributed by atoms with van der Waals surface area (Å²) in [5.74, 6) is -1.27. The Morgan fingerprint density at radius 2 is 1.79 bits per heavy atom. The number of rotatable bonds is 6. The van der Waals surface area contributed by atoms with Crippen molar-refractivity contribution in [1.82, 2.24) is 10.4 Å². The highest BCUT2D eigenvalue weighted by atomic mass is 79.9. The fourth-order valence-electron chi connectivity index (χ4n) is 4.06. The zero-order valence-corrected chi connectivity index (χ0v) is 22.8. The maximum atomic E-state index is 14.1. The standard InChI is InChI=1S/C30H20BrClFN3O3/c1-17-6-8-18(9-7-17)30(38)39-26-13-10-20(31)14-19(26)16-34-36-29(37)28-27(22-4-2-3-5-24(22)32)23-15-21(33)11-12-25(23)35-28/h2-16,35H,1H3,(H,36,37). The van der Waals surface area contributed by atoms with E-state index in [0.717, 1.165) is 10.0 Å². The summed E-state index contributed by atoms with van der Waals surface area (Å²) < 4.78 is 20.4. The molecule has 0 aliphatic heterocycles. The Kier molecular flexibility index (Phi) is 7.58. The second-order valence-corrected chi connectivity index (χ2v) is 10.0. The molecule has 0 spiro atoms. The molecule has 0 unspecified atom stereocenters. The van der Waals surface area contributed by atoms with Crippen molar-refractivity contribution in [3.05, 3.63) is 123 Å². The van der Waals surface area contributed by atoms with Gasteiger partial charge in [-0.15, -0.1) is 0 Å². The van der Waals surface area contributed by atoms with E-state index in [4.69, 9.17) is 16.3 Å². The highest BCUT2D eigenvalue weighted by Gasteiger charge is 2.21. The number of aromatic amines is 1. The minimum absolute atomic E-state index is 0.168. The normalized spacial score (nSPS) is 11.2. The first-order chi connectivity index (χ1) is 18.8. The zero-order valence-electron chi connectivity index (χ0n) is 20.5. The summed E-state index contributed by atoms with van der Waals surface area (Å²) in [7, 11) is 0. The Bertz CT molecular complexity index is 1750. The number of amides is 1. The number of ether oxygens (including phenoxy) is 1. The molecule has 0 radical (unpaired) electrons. The van der Waals surface area contributed by atoms with Crippen LogP contribution in [0.5, 0.6) is 5.75 Å². The van der Waals surface area contributed by atoms with Crippen molar-refractivity contribution < 1.29 is 18.7 Å². The number of hydrogen-bond acceptors (Lipinski definition) is 4. The van der Waals surface area contributed by atoms with Crippen LogP contribution in [0.25, 0.3) is 22.0 Å². The number of esters is 1. The van der Waals surface area contributed by atoms with Gasteiger partial charge in [0.1, 0.15) is 17.3 Å². The molecule has 0 atom stereocenters. The maximum Gasteiger partial charge on any atom is 0.343 e. The van der Waals surface area contributed by atoms with Crippen LogP contribution < -0.4 is 10.2 Å². The molecule has 0 aliphatic rings. The molecule has 0 saturated carbocycles. The molecule has 1 aromatic heterocycles. The minimum Gasteiger partial charge on any atom is -0.422 e. The highest BCUT2D eigenvalue weighted by Crippen LogP contribution is 2.37. The number of hydrogen-bond donors (Lipinski definition) is 2. The fraction of sp³-hybridized carbons (Fsp3) is 0.0333. The van der Waals surface area contributed by atoms with E-state index in [0.29, 0.717) is 38.2 Å². The Hall–Kier alpha value is -4.27. The molecule has 0 fully saturated rings. The van der Waals surface area contributed by atoms with Crippen molar-refractivity contribution in [2.75, 3.05) is 0 Å². The van der Waals surface area contributed by atoms with E-state index >= 15 is 0 Å². The van der Waals surface area contributed by atoms with E-state index in [-0.39, 0.29) is 11.4 Å². The monoisotopic (exact) mass is 603 g/mol. The predicted molar refractivity (Wildman–Crippen MR) is 154 cm³/mol. The van der Waals surface area contributed by atoms with Crippen LogP contribution >= 0.6 is 27.5 Å². The van der Waals surface area contributed by atoms with Crippen molar-refractivity contribution in [2.45, 2.75) is 6.92 Å². The predicted octanol–water partition coefficient (Wildman–Crippen LogP) is 7.68. The lowest BCUT2D eigenvalue weighted by Crippen LogP contribution is -2.19. The van der Waals surface area contributed by atoms with Gasteiger partial charge in [-0.2, -0.15) is 5.10 Å². The lowest BCUT2D eigenvalue weighted by Gasteiger charge is -2.09. The molecule has 0 saturated heterocycles. The van der Waals surface area contributed by atoms with Crippen molar-refractivity contribution in [3.8, 4) is 16.9 Å². The Morgan fingerprint density at radius 3 is 2.56 bits per heavy atom. The molecule has 39 heavy (non-hydrogen) atoms. The van der Waals surface area contributed by atoms with Gasteiger partial charge in [0.05, 0.1) is 11.8 Å². The van der Waals surface area contributed by atoms with Gasteiger partial charge in [0, 0.05) is 37.1 Å². The van der Waals surface area contributed by atoms with E-state index < -0.39 is 17.7 Å². The van der Waals surface area contributed by atoms with Crippen LogP contribution in [-0.4, -0.2) is 23.1 Å². The lowest BCUT2D eigenvalue weighted by atomic mass is 10.0. The quantitative estimate of drug-likeness (QED) is 0.0902. The van der Waals surface area contributed by atoms with Crippen LogP contribution in [-0.2, 0) is 0 Å². The number of H-pyrrole nitrogens is 1. The van der Waals surface area contributed by atoms with Crippen LogP contribution in [0, 0.1) is 12.7 Å². The minimum atomic E-state index is -0.564. The van der Waals surface area contributed by atoms with Gasteiger partial charge in [0.25, 0.3) is 5.91 Å². The second kappa shape index (κ2) is 11.2. The summed E-state index contributed by atoms with van der Waals surface area (Å²) in [6.07, 6.45) is 1.37. The molecule has 194 valence electrons. The molecule has 9 heteroatoms. The van der Waals surface area contributed by atoms with Gasteiger partial charge >= 0.3 is 5.97 Å². The summed E-state index contributed by atoms with van der Waals surface area (Å²) in [4.78, 5) is 28.9. The zero-order chi connectivity index (χ0) is 27.5. The third kappa shape index (κ3) is 5.77. The summed E-state index contributed by atoms with van der Waals surface area (Å²) >= 11 is 9.83. The van der Waals surface area contributed by atoms with Gasteiger partial charge in [-0.25, -0.2) is 14.6 Å². The lowest BCUT2D eigenvalue weighted by molar-refractivity contribution is 0.0734. The third-order valence-corrected chi connectivity index (χ3v) is 6.79. The molecule has 1 amide bonds. The van der Waals surface area contributed by atoms with Gasteiger partial charge < -0.3 is 9.72 Å². The van der Waals surface area contributed by atoms with Gasteiger partial charge in [0.15, 0.2) is 0 Å². The maximum absolute atomic E-state index is 14.1. The second-order valence-electron chi connectivity index (χ2n) is 8.68. The smallest absolute Gasteiger partial charge is 0.343 e. The van der Waals surface area contributed by atoms with E-state index in [1.54, 1.807) is 60.7 Å². The summed E-state index contributed by atoms with van der Waals surface area (Å²) in [6, 6.07) is 23.3. The molecule has 2 N–H and O–H groups in total. The van der Waals surface area contributed by atoms with E-state index in [1.165, 1.54) is 18.3 Å². The number of hydrazone groups is 1. The van der Waals surface area contributed by atoms with Gasteiger partial charge in [-0.1, -0.05) is 63.4 Å². The van der Waals surface area contributed by atoms with Crippen LogP contribution in [0.1, 0.15) is 32.0 Å². The first-order valence-electron chi connectivity index (χ1n) is 11.8. The van der Waals surface area contributed by atoms with Crippen LogP contribution in [0.15, 0.2) is 94.5 Å². The molecule has 0 aliphatic carbocycles. The van der Waals surface area contributed by atoms with Crippen molar-refractivity contribution in [2.24, 2.45) is 5.10 Å². The third-order valence-electron chi connectivity index (χ3n) is 5.96. The number of aryl methyl sites for hydroxylation is 1. The average molecular weight is 605 g/mol. The largest absolute Gasteiger partial charge is 0.422 e. The number of benzene rings is 4. The summed E-state index contributed by atoms with van der Waals surface area (Å²) in [5.41, 5.74) is 6.14. The SMILES string of the molecule is Cc1ccc(C(=O)Oc2ccc(Br)cc2C=NNC(=O)c2[nH]c3ccc(F)cc3c2-c2ccccc2Cl)cc1. The van der Waals surface area contributed by atoms with Crippen molar-refractivity contribution >= 4 is 56.5 Å². The van der Waals surface area contributed by atoms with Crippen LogP contribution in [0.4, 0.5) is 4.39 Å². The summed E-state index contributed by atoms with van der Waals surface area (Å²) in [5, 5.41) is 5.01. The molecule has 5 rings (SSSR count). The Labute approximate surface area is 236 Å². The number of fused-ring (bicyclic) bond motifs is 1. The molecule has 1 heterocycles. The summed E-state index contributed by atoms with van der Waals surface area (Å²) in [6.45, 7) is 1.93. The van der Waals surface area contributed by atoms with Crippen LogP contribution in [0.2, 0.25) is 5.02 Å². The number of nitrogens with zero attached hydrogens (tertiary/aromatic N) is 1. The first kappa shape index (κ1) is 26.3. The topological polar surface area (TPSA) is 83.5 Å². The Balaban J connectivity index is 1.43. The first-order valence-corrected chi connectivity index (χ1v) is 12.9. The number of halogens is 3. The number of aromatic nitrogens is 1. The van der Waals surface area contributed by atoms with E-state index in [9.17, 15) is 14.0 Å². The van der Waals surface area contributed by atoms with E-state index in [1.807, 2.05) is 19.1 Å². The van der Waals surface area contributed by atoms with Crippen LogP contribution in [0.3, 0.4) is 0 Å². The van der Waals surface area contributed by atoms with Crippen molar-refractivity contribution in [3.63, 3.8) is 0 Å². The molecule has 0 bridgehead atoms. The highest BCUT2D eigenvalue weighted by molar-refractivity contribution is 9.10. The molecular weight excluding hydrogens is 585 g/mol. The average Bonchev–Trinajstić information content (AvgIpc) is 3.29. The van der Waals surface area contributed by atoms with E-state index in [2.05, 4.69) is 31.4 Å². The van der Waals surface area contributed by atoms with Gasteiger partial charge in [-0.3, -0.25) is 4.79 Å². The molecule has 5 aromatic rings. The molecular formula is C30H20BrClFN3O3. The van der Waals surface area contributed by atoms with Crippen molar-refractivity contribution in [1.29, 1.82) is 0 Å². The Morgan fingerprint density at radius 1 is 1.03 bits per heavy atom. The number of carbonyl (C=O) groups is 2. The van der Waals surface area contributed by atoms with Gasteiger partial charge in [0.2, 0.25) is 0 Å². The molecule has 4 aromatic carbocycles.